The number of ether oxygens (including phenoxy) is 2. The number of hydrogen-bond donors (Lipinski definition) is 1. The van der Waals surface area contributed by atoms with E-state index in [0.29, 0.717) is 17.2 Å². The molecular weight excluding hydrogens is 368 g/mol. The van der Waals surface area contributed by atoms with Crippen LogP contribution < -0.4 is 19.7 Å². The molecule has 0 saturated carbocycles. The van der Waals surface area contributed by atoms with Crippen molar-refractivity contribution >= 4 is 34.8 Å². The molecule has 0 bridgehead atoms. The van der Waals surface area contributed by atoms with Gasteiger partial charge in [0.05, 0.1) is 19.9 Å². The molecule has 2 aromatic rings. The predicted octanol–water partition coefficient (Wildman–Crippen LogP) is 3.70. The summed E-state index contributed by atoms with van der Waals surface area (Å²) in [5, 5.41) is 2.86. The molecule has 1 N–H and O–H groups in total. The van der Waals surface area contributed by atoms with Crippen molar-refractivity contribution in [3.05, 3.63) is 58.8 Å². The Morgan fingerprint density at radius 3 is 2.44 bits per heavy atom. The first-order valence-corrected chi connectivity index (χ1v) is 8.75. The number of para-hydroxylation sites is 1. The fourth-order valence-corrected chi connectivity index (χ4v) is 3.10. The summed E-state index contributed by atoms with van der Waals surface area (Å²) in [5.41, 5.74) is 2.08. The minimum Gasteiger partial charge on any atom is -0.497 e. The van der Waals surface area contributed by atoms with E-state index in [-0.39, 0.29) is 10.7 Å². The number of benzene rings is 2. The molecule has 1 heterocycles. The molecule has 0 spiro atoms. The van der Waals surface area contributed by atoms with Gasteiger partial charge in [-0.1, -0.05) is 36.7 Å². The molecular formula is C20H19ClN2O4. The predicted molar refractivity (Wildman–Crippen MR) is 104 cm³/mol. The van der Waals surface area contributed by atoms with Gasteiger partial charge in [0.15, 0.2) is 0 Å². The fourth-order valence-electron chi connectivity index (χ4n) is 2.89. The molecule has 0 saturated heterocycles. The summed E-state index contributed by atoms with van der Waals surface area (Å²) in [6, 6.07) is 12.4. The van der Waals surface area contributed by atoms with Crippen LogP contribution in [0.2, 0.25) is 0 Å². The highest BCUT2D eigenvalue weighted by atomic mass is 35.5. The average Bonchev–Trinajstić information content (AvgIpc) is 2.91. The van der Waals surface area contributed by atoms with Crippen LogP contribution in [0.5, 0.6) is 11.5 Å². The average molecular weight is 387 g/mol. The van der Waals surface area contributed by atoms with E-state index in [1.807, 2.05) is 31.2 Å². The molecule has 2 amide bonds. The number of carbonyl (C=O) groups is 2. The van der Waals surface area contributed by atoms with Crippen LogP contribution >= 0.6 is 11.6 Å². The Balaban J connectivity index is 1.97. The van der Waals surface area contributed by atoms with Gasteiger partial charge in [0.25, 0.3) is 11.8 Å². The lowest BCUT2D eigenvalue weighted by atomic mass is 10.1. The van der Waals surface area contributed by atoms with Crippen LogP contribution in [0.15, 0.2) is 53.2 Å². The third-order valence-corrected chi connectivity index (χ3v) is 4.66. The van der Waals surface area contributed by atoms with Gasteiger partial charge in [-0.25, -0.2) is 4.90 Å². The highest BCUT2D eigenvalue weighted by Gasteiger charge is 2.40. The quantitative estimate of drug-likeness (QED) is 0.766. The molecule has 0 fully saturated rings. The van der Waals surface area contributed by atoms with E-state index >= 15 is 0 Å². The standard InChI is InChI=1S/C20H19ClN2O4/c1-4-12-7-5-6-8-14(12)22-18-17(21)19(24)23(20(18)25)15-10-9-13(26-2)11-16(15)27-3/h5-11,22H,4H2,1-3H3. The fraction of sp³-hybridized carbons (Fsp3) is 0.200. The lowest BCUT2D eigenvalue weighted by molar-refractivity contribution is -0.120. The molecule has 0 radical (unpaired) electrons. The number of hydrogen-bond acceptors (Lipinski definition) is 5. The van der Waals surface area contributed by atoms with Gasteiger partial charge in [-0.3, -0.25) is 9.59 Å². The minimum atomic E-state index is -0.610. The van der Waals surface area contributed by atoms with Crippen LogP contribution in [0.1, 0.15) is 12.5 Å². The van der Waals surface area contributed by atoms with E-state index in [2.05, 4.69) is 5.32 Å². The summed E-state index contributed by atoms with van der Waals surface area (Å²) in [4.78, 5) is 26.6. The second-order valence-corrected chi connectivity index (χ2v) is 6.19. The molecule has 27 heavy (non-hydrogen) atoms. The third-order valence-electron chi connectivity index (χ3n) is 4.31. The summed E-state index contributed by atoms with van der Waals surface area (Å²) in [5.74, 6) is -0.277. The lowest BCUT2D eigenvalue weighted by Gasteiger charge is -2.19. The van der Waals surface area contributed by atoms with Crippen LogP contribution in [0.25, 0.3) is 0 Å². The molecule has 1 aliphatic heterocycles. The van der Waals surface area contributed by atoms with Gasteiger partial charge in [0, 0.05) is 11.8 Å². The number of nitrogens with zero attached hydrogens (tertiary/aromatic N) is 1. The summed E-state index contributed by atoms with van der Waals surface area (Å²) in [6.45, 7) is 2.01. The Labute approximate surface area is 162 Å². The smallest absolute Gasteiger partial charge is 0.283 e. The van der Waals surface area contributed by atoms with Gasteiger partial charge in [-0.2, -0.15) is 0 Å². The molecule has 0 unspecified atom stereocenters. The Hall–Kier alpha value is -2.99. The summed E-state index contributed by atoms with van der Waals surface area (Å²) in [6.07, 6.45) is 0.770. The van der Waals surface area contributed by atoms with E-state index in [1.54, 1.807) is 18.2 Å². The van der Waals surface area contributed by atoms with Crippen LogP contribution in [-0.2, 0) is 16.0 Å². The maximum absolute atomic E-state index is 13.0. The number of methoxy groups -OCH3 is 2. The second kappa shape index (κ2) is 7.72. The molecule has 140 valence electrons. The number of nitrogens with one attached hydrogen (secondary N) is 1. The van der Waals surface area contributed by atoms with Gasteiger partial charge in [-0.15, -0.1) is 0 Å². The molecule has 2 aromatic carbocycles. The van der Waals surface area contributed by atoms with Crippen LogP contribution in [0, 0.1) is 0 Å². The van der Waals surface area contributed by atoms with Gasteiger partial charge < -0.3 is 14.8 Å². The first-order chi connectivity index (χ1) is 13.0. The van der Waals surface area contributed by atoms with Crippen LogP contribution in [0.4, 0.5) is 11.4 Å². The van der Waals surface area contributed by atoms with Crippen molar-refractivity contribution in [2.24, 2.45) is 0 Å². The third kappa shape index (κ3) is 3.36. The van der Waals surface area contributed by atoms with Gasteiger partial charge in [0.1, 0.15) is 22.2 Å². The second-order valence-electron chi connectivity index (χ2n) is 5.81. The highest BCUT2D eigenvalue weighted by molar-refractivity contribution is 6.53. The van der Waals surface area contributed by atoms with Crippen LogP contribution in [-0.4, -0.2) is 26.0 Å². The summed E-state index contributed by atoms with van der Waals surface area (Å²) < 4.78 is 10.5. The van der Waals surface area contributed by atoms with Crippen molar-refractivity contribution in [2.45, 2.75) is 13.3 Å². The molecule has 0 aliphatic carbocycles. The maximum Gasteiger partial charge on any atom is 0.283 e. The molecule has 1 aliphatic rings. The van der Waals surface area contributed by atoms with E-state index < -0.39 is 11.8 Å². The number of rotatable bonds is 6. The van der Waals surface area contributed by atoms with E-state index in [0.717, 1.165) is 22.6 Å². The van der Waals surface area contributed by atoms with Crippen molar-refractivity contribution in [1.82, 2.24) is 0 Å². The molecule has 6 nitrogen and oxygen atoms in total. The number of aryl methyl sites for hydroxylation is 1. The normalized spacial score (nSPS) is 14.0. The topological polar surface area (TPSA) is 67.9 Å². The minimum absolute atomic E-state index is 0.0421. The monoisotopic (exact) mass is 386 g/mol. The number of imide groups is 1. The van der Waals surface area contributed by atoms with E-state index in [1.165, 1.54) is 14.2 Å². The number of carbonyl (C=O) groups excluding carboxylic acids is 2. The summed E-state index contributed by atoms with van der Waals surface area (Å²) in [7, 11) is 2.97. The molecule has 0 aromatic heterocycles. The SMILES string of the molecule is CCc1ccccc1NC1=C(Cl)C(=O)N(c2ccc(OC)cc2OC)C1=O. The Morgan fingerprint density at radius 1 is 1.04 bits per heavy atom. The zero-order valence-corrected chi connectivity index (χ0v) is 16.0. The highest BCUT2D eigenvalue weighted by Crippen LogP contribution is 2.37. The van der Waals surface area contributed by atoms with Crippen LogP contribution in [0.3, 0.4) is 0 Å². The number of amides is 2. The zero-order valence-electron chi connectivity index (χ0n) is 15.2. The Kier molecular flexibility index (Phi) is 5.37. The van der Waals surface area contributed by atoms with Gasteiger partial charge >= 0.3 is 0 Å². The molecule has 7 heteroatoms. The van der Waals surface area contributed by atoms with Gasteiger partial charge in [0.2, 0.25) is 0 Å². The lowest BCUT2D eigenvalue weighted by Crippen LogP contribution is -2.32. The maximum atomic E-state index is 13.0. The van der Waals surface area contributed by atoms with E-state index in [9.17, 15) is 9.59 Å². The molecule has 0 atom stereocenters. The molecule has 3 rings (SSSR count). The Bertz CT molecular complexity index is 939. The van der Waals surface area contributed by atoms with Crippen molar-refractivity contribution in [3.63, 3.8) is 0 Å². The zero-order chi connectivity index (χ0) is 19.6. The Morgan fingerprint density at radius 2 is 1.78 bits per heavy atom. The van der Waals surface area contributed by atoms with Crippen molar-refractivity contribution in [1.29, 1.82) is 0 Å². The number of anilines is 2. The van der Waals surface area contributed by atoms with Gasteiger partial charge in [-0.05, 0) is 30.2 Å². The summed E-state index contributed by atoms with van der Waals surface area (Å²) >= 11 is 6.21. The largest absolute Gasteiger partial charge is 0.497 e. The van der Waals surface area contributed by atoms with Crippen molar-refractivity contribution in [3.8, 4) is 11.5 Å². The van der Waals surface area contributed by atoms with Crippen molar-refractivity contribution < 1.29 is 19.1 Å². The van der Waals surface area contributed by atoms with Crippen molar-refractivity contribution in [2.75, 3.05) is 24.4 Å². The number of halogens is 1. The van der Waals surface area contributed by atoms with E-state index in [4.69, 9.17) is 21.1 Å². The first kappa shape index (κ1) is 18.8. The first-order valence-electron chi connectivity index (χ1n) is 8.37.